The van der Waals surface area contributed by atoms with E-state index in [0.717, 1.165) is 36.4 Å². The van der Waals surface area contributed by atoms with Gasteiger partial charge in [0.05, 0.1) is 0 Å². The van der Waals surface area contributed by atoms with Crippen LogP contribution in [0, 0.1) is 5.21 Å². The molecule has 0 aliphatic carbocycles. The van der Waals surface area contributed by atoms with Crippen molar-refractivity contribution in [2.45, 2.75) is 26.3 Å². The normalized spacial score (nSPS) is 11.7. The van der Waals surface area contributed by atoms with Crippen molar-refractivity contribution in [3.63, 3.8) is 0 Å². The Balaban J connectivity index is 2.24. The van der Waals surface area contributed by atoms with Gasteiger partial charge in [-0.15, -0.1) is 0 Å². The molecule has 3 nitrogen and oxygen atoms in total. The van der Waals surface area contributed by atoms with Crippen molar-refractivity contribution in [2.24, 2.45) is 0 Å². The minimum Gasteiger partial charge on any atom is -0.624 e. The molecule has 0 atom stereocenters. The fourth-order valence-electron chi connectivity index (χ4n) is 1.39. The Kier molecular flexibility index (Phi) is 6.26. The van der Waals surface area contributed by atoms with Crippen molar-refractivity contribution in [3.8, 4) is 0 Å². The Labute approximate surface area is 97.0 Å². The first-order chi connectivity index (χ1) is 7.83. The Morgan fingerprint density at radius 2 is 2.06 bits per heavy atom. The highest BCUT2D eigenvalue weighted by Crippen LogP contribution is 1.99. The molecule has 0 aromatic heterocycles. The molecule has 0 heterocycles. The van der Waals surface area contributed by atoms with Gasteiger partial charge in [0.15, 0.2) is 12.8 Å². The summed E-state index contributed by atoms with van der Waals surface area (Å²) in [5.74, 6) is 0. The van der Waals surface area contributed by atoms with E-state index < -0.39 is 0 Å². The number of nitrogens with zero attached hydrogens (tertiary/aromatic N) is 1. The zero-order chi connectivity index (χ0) is 11.6. The van der Waals surface area contributed by atoms with Crippen LogP contribution in [-0.4, -0.2) is 24.2 Å². The maximum atomic E-state index is 11.5. The van der Waals surface area contributed by atoms with Crippen molar-refractivity contribution < 1.29 is 9.48 Å². The van der Waals surface area contributed by atoms with Crippen LogP contribution < -0.4 is 0 Å². The van der Waals surface area contributed by atoms with Gasteiger partial charge in [-0.1, -0.05) is 30.3 Å². The largest absolute Gasteiger partial charge is 0.624 e. The molecule has 0 aliphatic rings. The first-order valence-electron chi connectivity index (χ1n) is 5.71. The summed E-state index contributed by atoms with van der Waals surface area (Å²) in [5.41, 5.74) is 1.04. The third-order valence-electron chi connectivity index (χ3n) is 2.21. The SMILES string of the molecule is CCOCCCC=[N+]([O-])Cc1ccccc1. The van der Waals surface area contributed by atoms with Crippen LogP contribution in [0.2, 0.25) is 0 Å². The van der Waals surface area contributed by atoms with E-state index >= 15 is 0 Å². The zero-order valence-corrected chi connectivity index (χ0v) is 9.76. The molecule has 3 heteroatoms. The molecular formula is C13H19NO2. The molecule has 16 heavy (non-hydrogen) atoms. The predicted octanol–water partition coefficient (Wildman–Crippen LogP) is 2.58. The molecule has 0 amide bonds. The molecule has 0 radical (unpaired) electrons. The predicted molar refractivity (Wildman–Crippen MR) is 65.6 cm³/mol. The summed E-state index contributed by atoms with van der Waals surface area (Å²) >= 11 is 0. The summed E-state index contributed by atoms with van der Waals surface area (Å²) in [7, 11) is 0. The fraction of sp³-hybridized carbons (Fsp3) is 0.462. The minimum atomic E-state index is 0.426. The van der Waals surface area contributed by atoms with Crippen molar-refractivity contribution in [1.29, 1.82) is 0 Å². The molecular weight excluding hydrogens is 202 g/mol. The second-order valence-electron chi connectivity index (χ2n) is 3.58. The van der Waals surface area contributed by atoms with E-state index in [1.807, 2.05) is 37.3 Å². The summed E-state index contributed by atoms with van der Waals surface area (Å²) < 4.78 is 6.18. The van der Waals surface area contributed by atoms with Crippen LogP contribution in [-0.2, 0) is 11.3 Å². The van der Waals surface area contributed by atoms with E-state index in [1.54, 1.807) is 6.21 Å². The molecule has 0 unspecified atom stereocenters. The van der Waals surface area contributed by atoms with Crippen LogP contribution in [0.25, 0.3) is 0 Å². The van der Waals surface area contributed by atoms with E-state index in [0.29, 0.717) is 6.54 Å². The van der Waals surface area contributed by atoms with Gasteiger partial charge in [0.25, 0.3) is 0 Å². The van der Waals surface area contributed by atoms with Crippen LogP contribution in [0.3, 0.4) is 0 Å². The highest BCUT2D eigenvalue weighted by Gasteiger charge is 1.96. The third kappa shape index (κ3) is 5.51. The lowest BCUT2D eigenvalue weighted by atomic mass is 10.2. The van der Waals surface area contributed by atoms with Crippen LogP contribution >= 0.6 is 0 Å². The van der Waals surface area contributed by atoms with Gasteiger partial charge in [-0.2, -0.15) is 0 Å². The monoisotopic (exact) mass is 221 g/mol. The summed E-state index contributed by atoms with van der Waals surface area (Å²) in [5, 5.41) is 11.5. The smallest absolute Gasteiger partial charge is 0.178 e. The van der Waals surface area contributed by atoms with Crippen LogP contribution in [0.4, 0.5) is 0 Å². The summed E-state index contributed by atoms with van der Waals surface area (Å²) in [6.45, 7) is 3.87. The minimum absolute atomic E-state index is 0.426. The van der Waals surface area contributed by atoms with E-state index in [1.165, 1.54) is 0 Å². The average Bonchev–Trinajstić information content (AvgIpc) is 2.30. The molecule has 0 spiro atoms. The summed E-state index contributed by atoms with van der Waals surface area (Å²) in [4.78, 5) is 0. The van der Waals surface area contributed by atoms with Crippen molar-refractivity contribution in [1.82, 2.24) is 0 Å². The fourth-order valence-corrected chi connectivity index (χ4v) is 1.39. The van der Waals surface area contributed by atoms with Crippen LogP contribution in [0.1, 0.15) is 25.3 Å². The second kappa shape index (κ2) is 7.88. The standard InChI is InChI=1S/C13H19NO2/c1-2-16-11-7-6-10-14(15)12-13-8-4-3-5-9-13/h3-5,8-10H,2,6-7,11-12H2,1H3. The van der Waals surface area contributed by atoms with E-state index in [2.05, 4.69) is 0 Å². The molecule has 0 aliphatic heterocycles. The van der Waals surface area contributed by atoms with Crippen LogP contribution in [0.15, 0.2) is 30.3 Å². The highest BCUT2D eigenvalue weighted by atomic mass is 16.5. The highest BCUT2D eigenvalue weighted by molar-refractivity contribution is 5.51. The van der Waals surface area contributed by atoms with Gasteiger partial charge >= 0.3 is 0 Å². The van der Waals surface area contributed by atoms with Gasteiger partial charge in [0.2, 0.25) is 0 Å². The number of hydrogen-bond acceptors (Lipinski definition) is 2. The van der Waals surface area contributed by atoms with Crippen molar-refractivity contribution in [3.05, 3.63) is 41.1 Å². The van der Waals surface area contributed by atoms with E-state index in [9.17, 15) is 5.21 Å². The van der Waals surface area contributed by atoms with Gasteiger partial charge in [-0.05, 0) is 13.3 Å². The maximum Gasteiger partial charge on any atom is 0.178 e. The summed E-state index contributed by atoms with van der Waals surface area (Å²) in [6.07, 6.45) is 3.36. The zero-order valence-electron chi connectivity index (χ0n) is 9.76. The molecule has 0 fully saturated rings. The molecule has 0 N–H and O–H groups in total. The quantitative estimate of drug-likeness (QED) is 0.233. The second-order valence-corrected chi connectivity index (χ2v) is 3.58. The van der Waals surface area contributed by atoms with Gasteiger partial charge < -0.3 is 9.94 Å². The average molecular weight is 221 g/mol. The molecule has 0 saturated heterocycles. The first-order valence-corrected chi connectivity index (χ1v) is 5.71. The molecule has 0 bridgehead atoms. The molecule has 1 rings (SSSR count). The van der Waals surface area contributed by atoms with Gasteiger partial charge in [-0.25, -0.2) is 4.74 Å². The lowest BCUT2D eigenvalue weighted by Crippen LogP contribution is -2.05. The first kappa shape index (κ1) is 12.7. The van der Waals surface area contributed by atoms with Crippen molar-refractivity contribution in [2.75, 3.05) is 13.2 Å². The lowest BCUT2D eigenvalue weighted by molar-refractivity contribution is -0.471. The van der Waals surface area contributed by atoms with Gasteiger partial charge in [0, 0.05) is 25.2 Å². The summed E-state index contributed by atoms with van der Waals surface area (Å²) in [6, 6.07) is 9.75. The Bertz CT molecular complexity index is 309. The van der Waals surface area contributed by atoms with E-state index in [-0.39, 0.29) is 0 Å². The van der Waals surface area contributed by atoms with E-state index in [4.69, 9.17) is 4.74 Å². The van der Waals surface area contributed by atoms with Crippen LogP contribution in [0.5, 0.6) is 0 Å². The maximum absolute atomic E-state index is 11.5. The molecule has 88 valence electrons. The van der Waals surface area contributed by atoms with Crippen molar-refractivity contribution >= 4 is 6.21 Å². The molecule has 1 aromatic carbocycles. The lowest BCUT2D eigenvalue weighted by Gasteiger charge is -2.04. The molecule has 0 saturated carbocycles. The van der Waals surface area contributed by atoms with Gasteiger partial charge in [-0.3, -0.25) is 0 Å². The Morgan fingerprint density at radius 1 is 1.31 bits per heavy atom. The number of hydrogen-bond donors (Lipinski definition) is 0. The number of ether oxygens (including phenoxy) is 1. The third-order valence-corrected chi connectivity index (χ3v) is 2.21. The number of benzene rings is 1. The number of unbranched alkanes of at least 4 members (excludes halogenated alkanes) is 1. The molecule has 1 aromatic rings. The number of hydroxylamine groups is 1. The number of rotatable bonds is 7. The Hall–Kier alpha value is -1.35. The topological polar surface area (TPSA) is 35.3 Å². The van der Waals surface area contributed by atoms with Gasteiger partial charge in [0.1, 0.15) is 0 Å². The Morgan fingerprint density at radius 3 is 2.75 bits per heavy atom.